The lowest BCUT2D eigenvalue weighted by Crippen LogP contribution is -2.12. The molecule has 1 aromatic rings. The van der Waals surface area contributed by atoms with Gasteiger partial charge in [-0.2, -0.15) is 0 Å². The third kappa shape index (κ3) is 1.19. The highest BCUT2D eigenvalue weighted by Gasteiger charge is 2.08. The van der Waals surface area contributed by atoms with Crippen molar-refractivity contribution in [3.63, 3.8) is 0 Å². The zero-order valence-electron chi connectivity index (χ0n) is 6.75. The minimum atomic E-state index is 0.612. The monoisotopic (exact) mass is 161 g/mol. The first-order chi connectivity index (χ1) is 5.90. The van der Waals surface area contributed by atoms with Crippen LogP contribution < -0.4 is 11.1 Å². The fourth-order valence-electron chi connectivity index (χ4n) is 1.32. The molecular formula is C9H11N3. The number of hydrogen-bond donors (Lipinski definition) is 2. The molecule has 62 valence electrons. The van der Waals surface area contributed by atoms with Gasteiger partial charge >= 0.3 is 0 Å². The van der Waals surface area contributed by atoms with Crippen molar-refractivity contribution < 1.29 is 0 Å². The number of fused-ring (bicyclic) bond motifs is 1. The van der Waals surface area contributed by atoms with E-state index in [-0.39, 0.29) is 0 Å². The summed E-state index contributed by atoms with van der Waals surface area (Å²) in [4.78, 5) is 4.06. The molecule has 0 saturated heterocycles. The van der Waals surface area contributed by atoms with Crippen LogP contribution in [0, 0.1) is 0 Å². The minimum absolute atomic E-state index is 0.612. The maximum atomic E-state index is 5.53. The Kier molecular flexibility index (Phi) is 1.80. The van der Waals surface area contributed by atoms with Crippen LogP contribution in [0.25, 0.3) is 0 Å². The minimum Gasteiger partial charge on any atom is -0.361 e. The maximum absolute atomic E-state index is 5.53. The highest BCUT2D eigenvalue weighted by molar-refractivity contribution is 5.56. The Morgan fingerprint density at radius 1 is 1.58 bits per heavy atom. The summed E-state index contributed by atoms with van der Waals surface area (Å²) in [5, 5.41) is 3.18. The van der Waals surface area contributed by atoms with Crippen molar-refractivity contribution in [2.75, 3.05) is 11.9 Å². The van der Waals surface area contributed by atoms with Crippen LogP contribution >= 0.6 is 0 Å². The van der Waals surface area contributed by atoms with Crippen LogP contribution in [0.3, 0.4) is 0 Å². The summed E-state index contributed by atoms with van der Waals surface area (Å²) in [6, 6.07) is 1.97. The molecule has 2 rings (SSSR count). The van der Waals surface area contributed by atoms with Crippen LogP contribution in [0.2, 0.25) is 0 Å². The Bertz CT molecular complexity index is 317. The quantitative estimate of drug-likeness (QED) is 0.643. The van der Waals surface area contributed by atoms with Gasteiger partial charge < -0.3 is 11.1 Å². The smallest absolute Gasteiger partial charge is 0.0446 e. The average Bonchev–Trinajstić information content (AvgIpc) is 2.17. The van der Waals surface area contributed by atoms with Gasteiger partial charge in [-0.15, -0.1) is 0 Å². The number of hydrogen-bond acceptors (Lipinski definition) is 3. The number of nitrogens with one attached hydrogen (secondary N) is 1. The van der Waals surface area contributed by atoms with E-state index in [4.69, 9.17) is 5.73 Å². The Balaban J connectivity index is 2.31. The molecule has 0 bridgehead atoms. The van der Waals surface area contributed by atoms with E-state index in [2.05, 4.69) is 10.3 Å². The molecular weight excluding hydrogens is 150 g/mol. The number of pyridine rings is 1. The Morgan fingerprint density at radius 2 is 2.50 bits per heavy atom. The second-order valence-electron chi connectivity index (χ2n) is 2.86. The first kappa shape index (κ1) is 7.31. The van der Waals surface area contributed by atoms with Gasteiger partial charge in [0.25, 0.3) is 0 Å². The number of anilines is 1. The molecule has 0 amide bonds. The number of aromatic nitrogens is 1. The fourth-order valence-corrected chi connectivity index (χ4v) is 1.32. The molecule has 3 N–H and O–H groups in total. The molecule has 3 nitrogen and oxygen atoms in total. The molecule has 0 aromatic carbocycles. The van der Waals surface area contributed by atoms with Gasteiger partial charge in [0, 0.05) is 30.8 Å². The molecule has 0 fully saturated rings. The third-order valence-electron chi connectivity index (χ3n) is 2.02. The predicted octanol–water partition coefficient (Wildman–Crippen LogP) is 0.892. The number of nitrogens with two attached hydrogens (primary N) is 1. The van der Waals surface area contributed by atoms with Gasteiger partial charge in [-0.1, -0.05) is 0 Å². The van der Waals surface area contributed by atoms with Gasteiger partial charge in [-0.05, 0) is 23.6 Å². The van der Waals surface area contributed by atoms with Crippen molar-refractivity contribution in [1.82, 2.24) is 4.98 Å². The molecule has 0 unspecified atom stereocenters. The van der Waals surface area contributed by atoms with E-state index in [1.807, 2.05) is 18.5 Å². The van der Waals surface area contributed by atoms with E-state index in [0.29, 0.717) is 6.54 Å². The zero-order valence-corrected chi connectivity index (χ0v) is 6.75. The van der Waals surface area contributed by atoms with Crippen molar-refractivity contribution in [3.05, 3.63) is 35.8 Å². The van der Waals surface area contributed by atoms with Crippen LogP contribution in [0.1, 0.15) is 5.56 Å². The fraction of sp³-hybridized carbons (Fsp3) is 0.222. The Morgan fingerprint density at radius 3 is 3.33 bits per heavy atom. The molecule has 1 aliphatic rings. The van der Waals surface area contributed by atoms with E-state index in [1.165, 1.54) is 11.1 Å². The molecule has 12 heavy (non-hydrogen) atoms. The van der Waals surface area contributed by atoms with Gasteiger partial charge in [0.05, 0.1) is 0 Å². The summed E-state index contributed by atoms with van der Waals surface area (Å²) >= 11 is 0. The van der Waals surface area contributed by atoms with Crippen molar-refractivity contribution in [1.29, 1.82) is 0 Å². The van der Waals surface area contributed by atoms with Gasteiger partial charge in [0.1, 0.15) is 0 Å². The SMILES string of the molecule is NCC1=CNc2ccncc2C1. The molecule has 0 aliphatic carbocycles. The normalized spacial score (nSPS) is 14.6. The molecule has 1 aromatic heterocycles. The number of nitrogens with zero attached hydrogens (tertiary/aromatic N) is 1. The van der Waals surface area contributed by atoms with Crippen LogP contribution in [0.15, 0.2) is 30.2 Å². The van der Waals surface area contributed by atoms with Crippen molar-refractivity contribution in [2.24, 2.45) is 5.73 Å². The van der Waals surface area contributed by atoms with Crippen LogP contribution in [-0.4, -0.2) is 11.5 Å². The van der Waals surface area contributed by atoms with Gasteiger partial charge in [0.15, 0.2) is 0 Å². The van der Waals surface area contributed by atoms with Crippen molar-refractivity contribution >= 4 is 5.69 Å². The molecule has 0 spiro atoms. The largest absolute Gasteiger partial charge is 0.361 e. The van der Waals surface area contributed by atoms with Gasteiger partial charge in [-0.25, -0.2) is 0 Å². The molecule has 0 atom stereocenters. The van der Waals surface area contributed by atoms with E-state index in [0.717, 1.165) is 12.1 Å². The Labute approximate surface area is 71.3 Å². The molecule has 3 heteroatoms. The summed E-state index contributed by atoms with van der Waals surface area (Å²) in [7, 11) is 0. The summed E-state index contributed by atoms with van der Waals surface area (Å²) in [5.74, 6) is 0. The lowest BCUT2D eigenvalue weighted by atomic mass is 10.0. The van der Waals surface area contributed by atoms with Crippen molar-refractivity contribution in [3.8, 4) is 0 Å². The molecule has 2 heterocycles. The van der Waals surface area contributed by atoms with E-state index in [1.54, 1.807) is 6.20 Å². The lowest BCUT2D eigenvalue weighted by molar-refractivity contribution is 1.00. The van der Waals surface area contributed by atoms with Crippen LogP contribution in [0.4, 0.5) is 5.69 Å². The topological polar surface area (TPSA) is 50.9 Å². The second kappa shape index (κ2) is 2.95. The van der Waals surface area contributed by atoms with E-state index < -0.39 is 0 Å². The van der Waals surface area contributed by atoms with Gasteiger partial charge in [0.2, 0.25) is 0 Å². The lowest BCUT2D eigenvalue weighted by Gasteiger charge is -2.16. The van der Waals surface area contributed by atoms with Crippen molar-refractivity contribution in [2.45, 2.75) is 6.42 Å². The van der Waals surface area contributed by atoms with Crippen LogP contribution in [0.5, 0.6) is 0 Å². The molecule has 0 saturated carbocycles. The molecule has 1 aliphatic heterocycles. The summed E-state index contributed by atoms with van der Waals surface area (Å²) in [6.07, 6.45) is 6.56. The predicted molar refractivity (Wildman–Crippen MR) is 48.7 cm³/mol. The van der Waals surface area contributed by atoms with E-state index >= 15 is 0 Å². The summed E-state index contributed by atoms with van der Waals surface area (Å²) in [5.41, 5.74) is 9.11. The van der Waals surface area contributed by atoms with Crippen LogP contribution in [-0.2, 0) is 6.42 Å². The highest BCUT2D eigenvalue weighted by atomic mass is 14.9. The first-order valence-electron chi connectivity index (χ1n) is 3.97. The zero-order chi connectivity index (χ0) is 8.39. The number of rotatable bonds is 1. The molecule has 0 radical (unpaired) electrons. The summed E-state index contributed by atoms with van der Waals surface area (Å²) < 4.78 is 0. The first-order valence-corrected chi connectivity index (χ1v) is 3.97. The third-order valence-corrected chi connectivity index (χ3v) is 2.02. The Hall–Kier alpha value is -1.35. The average molecular weight is 161 g/mol. The maximum Gasteiger partial charge on any atom is 0.0446 e. The standard InChI is InChI=1S/C9H11N3/c10-4-7-3-8-6-11-2-1-9(8)12-5-7/h1-2,5-6,12H,3-4,10H2. The van der Waals surface area contributed by atoms with Gasteiger partial charge in [-0.3, -0.25) is 4.98 Å². The highest BCUT2D eigenvalue weighted by Crippen LogP contribution is 2.21. The summed E-state index contributed by atoms with van der Waals surface area (Å²) in [6.45, 7) is 0.612. The van der Waals surface area contributed by atoms with E-state index in [9.17, 15) is 0 Å². The second-order valence-corrected chi connectivity index (χ2v) is 2.86.